The Hall–Kier alpha value is -0.610. The standard InChI is InChI=1S/C7H13NO3/c1-6-4-8(2-3-11-6)5-7(9)10/h6H,2-5H2,1H3,(H,9,10)/t6-/m1/s1. The molecule has 1 heterocycles. The third-order valence-corrected chi connectivity index (χ3v) is 1.83. The molecule has 1 unspecified atom stereocenters. The molecule has 0 aromatic carbocycles. The van der Waals surface area contributed by atoms with E-state index in [1.54, 1.807) is 0 Å². The molecule has 4 heteroatoms. The van der Waals surface area contributed by atoms with Crippen molar-refractivity contribution in [3.63, 3.8) is 0 Å². The minimum absolute atomic E-state index is 0.105. The average molecular weight is 159 g/mol. The summed E-state index contributed by atoms with van der Waals surface area (Å²) in [5.74, 6) is -0.978. The first-order valence-electron chi connectivity index (χ1n) is 3.83. The summed E-state index contributed by atoms with van der Waals surface area (Å²) in [7, 11) is 0. The third-order valence-electron chi connectivity index (χ3n) is 1.83. The fraction of sp³-hybridized carbons (Fsp3) is 0.857. The molecule has 0 saturated carbocycles. The van der Waals surface area contributed by atoms with Crippen LogP contribution in [0.25, 0.3) is 0 Å². The summed E-state index contributed by atoms with van der Waals surface area (Å²) in [5, 5.41) is 10.2. The van der Waals surface area contributed by atoms with E-state index in [2.05, 4.69) is 0 Å². The smallest absolute Gasteiger partial charge is 0.118 e. The van der Waals surface area contributed by atoms with Crippen molar-refractivity contribution < 1.29 is 19.5 Å². The Bertz CT molecular complexity index is 149. The summed E-state index contributed by atoms with van der Waals surface area (Å²) in [5.41, 5.74) is 0. The summed E-state index contributed by atoms with van der Waals surface area (Å²) >= 11 is 0. The first-order valence-corrected chi connectivity index (χ1v) is 3.83. The lowest BCUT2D eigenvalue weighted by molar-refractivity contribution is -0.905. The number of hydrogen-bond donors (Lipinski definition) is 1. The molecule has 0 aromatic rings. The fourth-order valence-electron chi connectivity index (χ4n) is 1.34. The van der Waals surface area contributed by atoms with Crippen LogP contribution >= 0.6 is 0 Å². The second-order valence-electron chi connectivity index (χ2n) is 2.93. The molecule has 11 heavy (non-hydrogen) atoms. The summed E-state index contributed by atoms with van der Waals surface area (Å²) in [6.45, 7) is 4.26. The predicted octanol–water partition coefficient (Wildman–Crippen LogP) is -2.96. The van der Waals surface area contributed by atoms with Crippen LogP contribution in [0, 0.1) is 0 Å². The second-order valence-corrected chi connectivity index (χ2v) is 2.93. The predicted molar refractivity (Wildman–Crippen MR) is 36.0 cm³/mol. The van der Waals surface area contributed by atoms with E-state index in [4.69, 9.17) is 4.74 Å². The van der Waals surface area contributed by atoms with Gasteiger partial charge < -0.3 is 19.5 Å². The lowest BCUT2D eigenvalue weighted by atomic mass is 10.3. The van der Waals surface area contributed by atoms with Gasteiger partial charge >= 0.3 is 0 Å². The van der Waals surface area contributed by atoms with E-state index in [0.29, 0.717) is 6.61 Å². The number of nitrogens with one attached hydrogen (secondary N) is 1. The lowest BCUT2D eigenvalue weighted by Crippen LogP contribution is -3.16. The third kappa shape index (κ3) is 2.86. The largest absolute Gasteiger partial charge is 0.544 e. The number of aliphatic carboxylic acids is 1. The van der Waals surface area contributed by atoms with Gasteiger partial charge in [0.25, 0.3) is 0 Å². The van der Waals surface area contributed by atoms with Gasteiger partial charge in [-0.2, -0.15) is 0 Å². The Balaban J connectivity index is 2.28. The number of carboxylic acid groups (broad SMARTS) is 1. The maximum Gasteiger partial charge on any atom is 0.118 e. The molecule has 2 atom stereocenters. The highest BCUT2D eigenvalue weighted by Gasteiger charge is 2.19. The zero-order chi connectivity index (χ0) is 8.27. The average Bonchev–Trinajstić information content (AvgIpc) is 1.85. The van der Waals surface area contributed by atoms with Crippen molar-refractivity contribution >= 4 is 5.97 Å². The highest BCUT2D eigenvalue weighted by molar-refractivity contribution is 5.65. The minimum Gasteiger partial charge on any atom is -0.544 e. The summed E-state index contributed by atoms with van der Waals surface area (Å²) in [6.07, 6.45) is 0.179. The number of carbonyl (C=O) groups is 1. The Morgan fingerprint density at radius 3 is 3.09 bits per heavy atom. The van der Waals surface area contributed by atoms with Crippen LogP contribution in [-0.2, 0) is 9.53 Å². The molecule has 0 aromatic heterocycles. The SMILES string of the molecule is C[C@@H]1C[NH+](CC(=O)[O-])CCO1. The Labute approximate surface area is 65.8 Å². The van der Waals surface area contributed by atoms with E-state index in [0.717, 1.165) is 18.0 Å². The number of rotatable bonds is 2. The van der Waals surface area contributed by atoms with Crippen LogP contribution in [0.2, 0.25) is 0 Å². The molecule has 1 fully saturated rings. The van der Waals surface area contributed by atoms with Crippen molar-refractivity contribution in [2.45, 2.75) is 13.0 Å². The van der Waals surface area contributed by atoms with Gasteiger partial charge in [0.05, 0.1) is 12.6 Å². The number of quaternary nitrogens is 1. The van der Waals surface area contributed by atoms with E-state index in [1.807, 2.05) is 6.92 Å². The van der Waals surface area contributed by atoms with E-state index in [1.165, 1.54) is 0 Å². The van der Waals surface area contributed by atoms with Gasteiger partial charge in [-0.25, -0.2) is 0 Å². The molecule has 4 nitrogen and oxygen atoms in total. The van der Waals surface area contributed by atoms with Crippen LogP contribution in [0.4, 0.5) is 0 Å². The van der Waals surface area contributed by atoms with E-state index >= 15 is 0 Å². The zero-order valence-electron chi connectivity index (χ0n) is 6.63. The quantitative estimate of drug-likeness (QED) is 0.468. The van der Waals surface area contributed by atoms with Crippen molar-refractivity contribution in [3.8, 4) is 0 Å². The van der Waals surface area contributed by atoms with E-state index in [-0.39, 0.29) is 12.6 Å². The molecule has 1 aliphatic heterocycles. The van der Waals surface area contributed by atoms with E-state index in [9.17, 15) is 9.90 Å². The van der Waals surface area contributed by atoms with Crippen molar-refractivity contribution in [1.82, 2.24) is 0 Å². The van der Waals surface area contributed by atoms with Crippen LogP contribution in [0.1, 0.15) is 6.92 Å². The zero-order valence-corrected chi connectivity index (χ0v) is 6.63. The maximum absolute atomic E-state index is 10.2. The minimum atomic E-state index is -0.978. The summed E-state index contributed by atoms with van der Waals surface area (Å²) < 4.78 is 5.26. The molecular weight excluding hydrogens is 146 g/mol. The van der Waals surface area contributed by atoms with Crippen molar-refractivity contribution in [3.05, 3.63) is 0 Å². The van der Waals surface area contributed by atoms with Gasteiger partial charge in [-0.15, -0.1) is 0 Å². The normalized spacial score (nSPS) is 31.7. The summed E-state index contributed by atoms with van der Waals surface area (Å²) in [4.78, 5) is 11.2. The fourth-order valence-corrected chi connectivity index (χ4v) is 1.34. The molecule has 0 spiro atoms. The molecule has 0 amide bonds. The van der Waals surface area contributed by atoms with Gasteiger partial charge in [-0.1, -0.05) is 0 Å². The van der Waals surface area contributed by atoms with Crippen molar-refractivity contribution in [1.29, 1.82) is 0 Å². The highest BCUT2D eigenvalue weighted by Crippen LogP contribution is 1.88. The van der Waals surface area contributed by atoms with Crippen molar-refractivity contribution in [2.75, 3.05) is 26.2 Å². The van der Waals surface area contributed by atoms with Crippen LogP contribution < -0.4 is 10.0 Å². The molecule has 1 saturated heterocycles. The molecule has 1 N–H and O–H groups in total. The molecule has 1 rings (SSSR count). The molecule has 0 radical (unpaired) electrons. The second kappa shape index (κ2) is 3.69. The van der Waals surface area contributed by atoms with Crippen LogP contribution in [-0.4, -0.2) is 38.3 Å². The van der Waals surface area contributed by atoms with E-state index < -0.39 is 5.97 Å². The van der Waals surface area contributed by atoms with Gasteiger partial charge in [0.15, 0.2) is 0 Å². The van der Waals surface area contributed by atoms with Crippen LogP contribution in [0.15, 0.2) is 0 Å². The molecular formula is C7H13NO3. The molecule has 64 valence electrons. The number of morpholine rings is 1. The Morgan fingerprint density at radius 1 is 1.82 bits per heavy atom. The highest BCUT2D eigenvalue weighted by atomic mass is 16.5. The lowest BCUT2D eigenvalue weighted by Gasteiger charge is -2.28. The van der Waals surface area contributed by atoms with Gasteiger partial charge in [-0.05, 0) is 6.92 Å². The molecule has 0 aliphatic carbocycles. The summed E-state index contributed by atoms with van der Waals surface area (Å²) in [6, 6.07) is 0. The van der Waals surface area contributed by atoms with Crippen LogP contribution in [0.5, 0.6) is 0 Å². The van der Waals surface area contributed by atoms with Crippen LogP contribution in [0.3, 0.4) is 0 Å². The monoisotopic (exact) mass is 159 g/mol. The molecule has 1 aliphatic rings. The van der Waals surface area contributed by atoms with Gasteiger partial charge in [0.2, 0.25) is 0 Å². The number of carbonyl (C=O) groups excluding carboxylic acids is 1. The number of ether oxygens (including phenoxy) is 1. The Kier molecular flexibility index (Phi) is 2.84. The Morgan fingerprint density at radius 2 is 2.55 bits per heavy atom. The molecule has 0 bridgehead atoms. The number of carboxylic acids is 1. The van der Waals surface area contributed by atoms with Gasteiger partial charge in [0, 0.05) is 0 Å². The van der Waals surface area contributed by atoms with Crippen molar-refractivity contribution in [2.24, 2.45) is 0 Å². The maximum atomic E-state index is 10.2. The topological polar surface area (TPSA) is 53.8 Å². The number of hydrogen-bond acceptors (Lipinski definition) is 3. The first-order chi connectivity index (χ1) is 5.18. The van der Waals surface area contributed by atoms with Gasteiger partial charge in [-0.3, -0.25) is 0 Å². The first kappa shape index (κ1) is 8.49. The van der Waals surface area contributed by atoms with Gasteiger partial charge in [0.1, 0.15) is 25.7 Å².